The van der Waals surface area contributed by atoms with Crippen LogP contribution in [0, 0.1) is 0 Å². The second-order valence-electron chi connectivity index (χ2n) is 6.52. The minimum atomic E-state index is -0.995. The molecule has 7 nitrogen and oxygen atoms in total. The van der Waals surface area contributed by atoms with Crippen LogP contribution in [0.4, 0.5) is 0 Å². The van der Waals surface area contributed by atoms with E-state index in [1.807, 2.05) is 0 Å². The second kappa shape index (κ2) is 17.6. The molecule has 7 atom stereocenters. The largest absolute Gasteiger partial charge is 0.463 e. The summed E-state index contributed by atoms with van der Waals surface area (Å²) >= 11 is 0. The van der Waals surface area contributed by atoms with Crippen LogP contribution in [0.25, 0.3) is 0 Å². The molecule has 1 saturated heterocycles. The first-order valence-corrected chi connectivity index (χ1v) is 14.4. The summed E-state index contributed by atoms with van der Waals surface area (Å²) in [5, 5.41) is 0. The molecule has 1 rings (SSSR count). The van der Waals surface area contributed by atoms with E-state index in [1.165, 1.54) is 5.67 Å². The molecule has 0 amide bonds. The molecule has 14 heteroatoms. The maximum absolute atomic E-state index is 12.0. The first kappa shape index (κ1) is 33.4. The van der Waals surface area contributed by atoms with Crippen LogP contribution in [0.3, 0.4) is 0 Å². The molecule has 0 bridgehead atoms. The van der Waals surface area contributed by atoms with Crippen LogP contribution in [0.5, 0.6) is 0 Å². The SMILES string of the molecule is CO[Si](C)C[Si](C)CCCC(=O)OC[C@H]1OC(C)(OP)C(OP)C1OP.[Y].[Y]. The van der Waals surface area contributed by atoms with Crippen LogP contribution >= 0.6 is 28.4 Å². The van der Waals surface area contributed by atoms with Gasteiger partial charge >= 0.3 is 5.97 Å². The molecule has 0 saturated carbocycles. The van der Waals surface area contributed by atoms with Crippen LogP contribution in [0.2, 0.25) is 24.8 Å². The Balaban J connectivity index is 0. The zero-order chi connectivity index (χ0) is 19.7. The van der Waals surface area contributed by atoms with Crippen molar-refractivity contribution in [1.82, 2.24) is 0 Å². The maximum Gasteiger partial charge on any atom is 0.305 e. The van der Waals surface area contributed by atoms with Crippen LogP contribution in [-0.2, 0) is 97.7 Å². The molecule has 0 aromatic carbocycles. The van der Waals surface area contributed by atoms with Gasteiger partial charge < -0.3 is 27.5 Å². The van der Waals surface area contributed by atoms with Crippen LogP contribution in [0.15, 0.2) is 0 Å². The van der Waals surface area contributed by atoms with Gasteiger partial charge in [-0.3, -0.25) is 4.79 Å². The zero-order valence-corrected chi connectivity index (χ0v) is 28.2. The third-order valence-corrected chi connectivity index (χ3v) is 11.8. The number of carbonyl (C=O) groups excluding carboxylic acids is 1. The molecule has 0 N–H and O–H groups in total. The fraction of sp³-hybridized carbons (Fsp3) is 0.929. The van der Waals surface area contributed by atoms with Crippen LogP contribution < -0.4 is 0 Å². The summed E-state index contributed by atoms with van der Waals surface area (Å²) < 4.78 is 32.7. The first-order chi connectivity index (χ1) is 12.3. The molecule has 1 aliphatic rings. The summed E-state index contributed by atoms with van der Waals surface area (Å²) in [4.78, 5) is 12.0. The maximum atomic E-state index is 12.0. The zero-order valence-electron chi connectivity index (χ0n) is 17.0. The quantitative estimate of drug-likeness (QED) is 0.185. The predicted octanol–water partition coefficient (Wildman–Crippen LogP) is 2.51. The number of hydrogen-bond acceptors (Lipinski definition) is 7. The summed E-state index contributed by atoms with van der Waals surface area (Å²) in [5.74, 6) is -1.21. The van der Waals surface area contributed by atoms with Crippen molar-refractivity contribution >= 4 is 52.2 Å². The van der Waals surface area contributed by atoms with E-state index in [-0.39, 0.29) is 78.0 Å². The second-order valence-corrected chi connectivity index (χ2v) is 12.9. The van der Waals surface area contributed by atoms with Crippen molar-refractivity contribution in [1.29, 1.82) is 0 Å². The minimum Gasteiger partial charge on any atom is -0.463 e. The van der Waals surface area contributed by atoms with Crippen LogP contribution in [0.1, 0.15) is 19.8 Å². The average Bonchev–Trinajstić information content (AvgIpc) is 2.91. The smallest absolute Gasteiger partial charge is 0.305 e. The molecule has 0 aliphatic carbocycles. The van der Waals surface area contributed by atoms with E-state index < -0.39 is 41.9 Å². The number of carbonyl (C=O) groups is 1. The summed E-state index contributed by atoms with van der Waals surface area (Å²) in [7, 11) is 7.25. The Morgan fingerprint density at radius 1 is 1.18 bits per heavy atom. The molecule has 0 spiro atoms. The standard InChI is InChI=1S/C14H31O7P3Si2.2Y/c1-14(21-24)13(20-23)12(19-22)10(18-14)8-17-11(15)6-5-7-25(3)9-26(4)16-2;;/h10,12-13H,5-9,22-24H2,1-4H3;;/t10-,12?,13?,14?;;/m1../s1. The molecule has 1 aliphatic heterocycles. The van der Waals surface area contributed by atoms with E-state index in [2.05, 4.69) is 41.5 Å². The third kappa shape index (κ3) is 10.9. The van der Waals surface area contributed by atoms with Crippen molar-refractivity contribution in [2.24, 2.45) is 0 Å². The van der Waals surface area contributed by atoms with Crippen molar-refractivity contribution in [3.8, 4) is 0 Å². The number of rotatable bonds is 12. The van der Waals surface area contributed by atoms with Gasteiger partial charge in [-0.1, -0.05) is 12.6 Å². The molecular weight excluding hydrogens is 607 g/mol. The normalized spacial score (nSPS) is 26.8. The van der Waals surface area contributed by atoms with Gasteiger partial charge in [-0.15, -0.1) is 0 Å². The number of ether oxygens (including phenoxy) is 2. The summed E-state index contributed by atoms with van der Waals surface area (Å²) in [5.41, 5.74) is 1.19. The van der Waals surface area contributed by atoms with Crippen molar-refractivity contribution in [3.63, 3.8) is 0 Å². The Morgan fingerprint density at radius 2 is 1.82 bits per heavy atom. The fourth-order valence-corrected chi connectivity index (χ4v) is 9.25. The summed E-state index contributed by atoms with van der Waals surface area (Å²) in [6.45, 7) is 6.32. The molecule has 4 radical (unpaired) electrons. The average molecular weight is 638 g/mol. The Morgan fingerprint density at radius 3 is 2.32 bits per heavy atom. The Labute approximate surface area is 229 Å². The summed E-state index contributed by atoms with van der Waals surface area (Å²) in [6, 6.07) is 1.09. The van der Waals surface area contributed by atoms with Crippen molar-refractivity contribution in [3.05, 3.63) is 0 Å². The van der Waals surface area contributed by atoms with Gasteiger partial charge in [0.05, 0.1) is 0 Å². The molecule has 0 aromatic rings. The molecular formula is C14H31O7P3Si2Y2. The van der Waals surface area contributed by atoms with Gasteiger partial charge in [0.2, 0.25) is 9.04 Å². The topological polar surface area (TPSA) is 72.5 Å². The first-order valence-electron chi connectivity index (χ1n) is 8.41. The summed E-state index contributed by atoms with van der Waals surface area (Å²) in [6.07, 6.45) is -0.101. The van der Waals surface area contributed by atoms with Gasteiger partial charge in [0.25, 0.3) is 0 Å². The van der Waals surface area contributed by atoms with Gasteiger partial charge in [0.15, 0.2) is 5.79 Å². The van der Waals surface area contributed by atoms with E-state index >= 15 is 0 Å². The molecule has 158 valence electrons. The van der Waals surface area contributed by atoms with Crippen molar-refractivity contribution in [2.45, 2.75) is 68.7 Å². The molecule has 1 heterocycles. The van der Waals surface area contributed by atoms with Gasteiger partial charge in [0.1, 0.15) is 24.9 Å². The van der Waals surface area contributed by atoms with E-state index in [0.29, 0.717) is 6.42 Å². The Bertz CT molecular complexity index is 448. The monoisotopic (exact) mass is 638 g/mol. The Hall–Kier alpha value is 3.20. The van der Waals surface area contributed by atoms with Crippen molar-refractivity contribution < 1.29 is 97.7 Å². The predicted molar refractivity (Wildman–Crippen MR) is 113 cm³/mol. The minimum absolute atomic E-state index is 0. The van der Waals surface area contributed by atoms with Gasteiger partial charge in [-0.25, -0.2) is 0 Å². The van der Waals surface area contributed by atoms with E-state index in [9.17, 15) is 4.79 Å². The van der Waals surface area contributed by atoms with Gasteiger partial charge in [-0.2, -0.15) is 0 Å². The third-order valence-electron chi connectivity index (χ3n) is 4.40. The number of hydrogen-bond donors (Lipinski definition) is 0. The van der Waals surface area contributed by atoms with E-state index in [4.69, 9.17) is 27.5 Å². The van der Waals surface area contributed by atoms with Crippen LogP contribution in [-0.4, -0.2) is 61.6 Å². The van der Waals surface area contributed by atoms with E-state index in [1.54, 1.807) is 14.0 Å². The number of esters is 1. The Kier molecular flexibility index (Phi) is 21.0. The molecule has 0 aromatic heterocycles. The van der Waals surface area contributed by atoms with Gasteiger partial charge in [0, 0.05) is 116 Å². The molecule has 1 fully saturated rings. The molecule has 6 unspecified atom stereocenters. The van der Waals surface area contributed by atoms with Gasteiger partial charge in [-0.05, 0) is 25.6 Å². The molecule has 28 heavy (non-hydrogen) atoms. The fourth-order valence-electron chi connectivity index (χ4n) is 2.88. The van der Waals surface area contributed by atoms with E-state index in [0.717, 1.165) is 12.5 Å². The van der Waals surface area contributed by atoms with Crippen molar-refractivity contribution in [2.75, 3.05) is 13.7 Å².